The minimum absolute atomic E-state index is 0.199. The first-order chi connectivity index (χ1) is 27.3. The van der Waals surface area contributed by atoms with Crippen molar-refractivity contribution in [3.05, 3.63) is 68.6 Å². The molecule has 2 aliphatic heterocycles. The van der Waals surface area contributed by atoms with Crippen molar-refractivity contribution in [2.45, 2.75) is 154 Å². The van der Waals surface area contributed by atoms with Crippen molar-refractivity contribution in [2.24, 2.45) is 0 Å². The molecular weight excluding hydrogens is 904 g/mol. The minimum atomic E-state index is -1.48. The number of rotatable bonds is 13. The molecule has 2 aromatic carbocycles. The second-order valence-corrected chi connectivity index (χ2v) is 19.0. The average Bonchev–Trinajstić information content (AvgIpc) is 3.10. The van der Waals surface area contributed by atoms with E-state index in [1.165, 1.54) is 13.8 Å². The number of esters is 4. The predicted molar refractivity (Wildman–Crippen MR) is 218 cm³/mol. The second-order valence-electron chi connectivity index (χ2n) is 17.2. The lowest BCUT2D eigenvalue weighted by molar-refractivity contribution is -0.353. The van der Waals surface area contributed by atoms with Crippen molar-refractivity contribution < 1.29 is 71.7 Å². The van der Waals surface area contributed by atoms with Crippen LogP contribution >= 0.6 is 31.9 Å². The van der Waals surface area contributed by atoms with Gasteiger partial charge in [-0.15, -0.1) is 0 Å². The van der Waals surface area contributed by atoms with E-state index in [-0.39, 0.29) is 11.1 Å². The number of benzene rings is 2. The molecule has 0 amide bonds. The predicted octanol–water partition coefficient (Wildman–Crippen LogP) is 6.47. The molecule has 2 fully saturated rings. The second kappa shape index (κ2) is 20.2. The van der Waals surface area contributed by atoms with Gasteiger partial charge in [0.2, 0.25) is 0 Å². The average molecular weight is 961 g/mol. The molecule has 0 spiro atoms. The first-order valence-electron chi connectivity index (χ1n) is 19.2. The van der Waals surface area contributed by atoms with Crippen LogP contribution in [0.4, 0.5) is 0 Å². The Morgan fingerprint density at radius 3 is 1.47 bits per heavy atom. The van der Waals surface area contributed by atoms with E-state index >= 15 is 0 Å². The fourth-order valence-corrected chi connectivity index (χ4v) is 6.80. The number of carbonyl (C=O) groups is 4. The van der Waals surface area contributed by atoms with Crippen molar-refractivity contribution >= 4 is 55.7 Å². The molecule has 59 heavy (non-hydrogen) atoms. The van der Waals surface area contributed by atoms with Crippen LogP contribution in [0.25, 0.3) is 0 Å². The van der Waals surface area contributed by atoms with E-state index in [4.69, 9.17) is 47.4 Å². The highest BCUT2D eigenvalue weighted by atomic mass is 79.9. The molecule has 2 aliphatic rings. The number of aliphatic hydroxyl groups excluding tert-OH is 1. The zero-order chi connectivity index (χ0) is 44.0. The number of halogens is 2. The molecule has 4 rings (SSSR count). The summed E-state index contributed by atoms with van der Waals surface area (Å²) >= 11 is 6.72. The summed E-state index contributed by atoms with van der Waals surface area (Å²) in [5, 5.41) is 11.8. The van der Waals surface area contributed by atoms with Crippen molar-refractivity contribution in [3.8, 4) is 0 Å². The molecule has 2 aromatic rings. The molecule has 0 radical (unpaired) electrons. The van der Waals surface area contributed by atoms with Crippen LogP contribution in [0.1, 0.15) is 96.9 Å². The lowest BCUT2D eigenvalue weighted by Crippen LogP contribution is -2.65. The maximum absolute atomic E-state index is 13.7. The van der Waals surface area contributed by atoms with Gasteiger partial charge in [-0.25, -0.2) is 9.59 Å². The van der Waals surface area contributed by atoms with Gasteiger partial charge in [-0.2, -0.15) is 0 Å². The highest BCUT2D eigenvalue weighted by Gasteiger charge is 2.55. The maximum atomic E-state index is 13.7. The molecular formula is C42H56Br2O15. The zero-order valence-corrected chi connectivity index (χ0v) is 38.4. The molecule has 1 N–H and O–H groups in total. The standard InChI is InChI=1S/C42H56Br2O15/c1-22(45)52-34-32(57-40(3,4)5)30(47)28(54-39(34)59-42(9,10)11)20-51-38-35(53-23(2)46)33(58-41(6,7)8)31(56-37(49)25-14-18-27(44)19-15-25)29(55-38)21-50-36(48)24-12-16-26(43)17-13-24/h12-19,28-35,38-39,47H,20-21H2,1-11H3/t28-,29-,30-,31-,32+,33+,34-,35-,38-,39-/m1/s1. The quantitative estimate of drug-likeness (QED) is 0.170. The van der Waals surface area contributed by atoms with Crippen molar-refractivity contribution in [3.63, 3.8) is 0 Å². The summed E-state index contributed by atoms with van der Waals surface area (Å²) in [6, 6.07) is 13.0. The Hall–Kier alpha value is -3.00. The monoisotopic (exact) mass is 958 g/mol. The van der Waals surface area contributed by atoms with Gasteiger partial charge in [-0.3, -0.25) is 9.59 Å². The fourth-order valence-electron chi connectivity index (χ4n) is 6.27. The van der Waals surface area contributed by atoms with Crippen molar-refractivity contribution in [1.29, 1.82) is 0 Å². The van der Waals surface area contributed by atoms with Crippen LogP contribution in [-0.2, 0) is 57.0 Å². The van der Waals surface area contributed by atoms with Crippen LogP contribution in [0.5, 0.6) is 0 Å². The largest absolute Gasteiger partial charge is 0.459 e. The van der Waals surface area contributed by atoms with Crippen molar-refractivity contribution in [2.75, 3.05) is 13.2 Å². The zero-order valence-electron chi connectivity index (χ0n) is 35.2. The van der Waals surface area contributed by atoms with Crippen LogP contribution in [0.15, 0.2) is 57.5 Å². The SMILES string of the molecule is CC(=O)O[C@H]1[C@H](OC[C@H]2O[C@H](OC(C)(C)C)[C@H](OC(C)=O)[C@@H](OC(C)(C)C)[C@@H]2O)O[C@H](COC(=O)c2ccc(Br)cc2)[C@@H](OC(=O)c2ccc(Br)cc2)[C@@H]1OC(C)(C)C. The van der Waals surface area contributed by atoms with Gasteiger partial charge >= 0.3 is 23.9 Å². The third-order valence-electron chi connectivity index (χ3n) is 8.47. The molecule has 0 aromatic heterocycles. The number of hydrogen-bond donors (Lipinski definition) is 1. The summed E-state index contributed by atoms with van der Waals surface area (Å²) in [6.45, 7) is 17.5. The van der Waals surface area contributed by atoms with E-state index in [2.05, 4.69) is 31.9 Å². The minimum Gasteiger partial charge on any atom is -0.459 e. The molecule has 0 bridgehead atoms. The Labute approximate surface area is 362 Å². The number of aliphatic hydroxyl groups is 1. The first-order valence-corrected chi connectivity index (χ1v) is 20.8. The van der Waals surface area contributed by atoms with E-state index in [0.29, 0.717) is 0 Å². The maximum Gasteiger partial charge on any atom is 0.338 e. The van der Waals surface area contributed by atoms with Crippen LogP contribution in [0, 0.1) is 0 Å². The van der Waals surface area contributed by atoms with Gasteiger partial charge in [0, 0.05) is 22.8 Å². The van der Waals surface area contributed by atoms with Gasteiger partial charge in [0.1, 0.15) is 37.1 Å². The van der Waals surface area contributed by atoms with E-state index in [0.717, 1.165) is 8.95 Å². The Morgan fingerprint density at radius 2 is 1.00 bits per heavy atom. The molecule has 0 unspecified atom stereocenters. The Kier molecular flexibility index (Phi) is 16.7. The van der Waals surface area contributed by atoms with Crippen LogP contribution in [-0.4, -0.2) is 120 Å². The van der Waals surface area contributed by atoms with E-state index in [9.17, 15) is 24.3 Å². The summed E-state index contributed by atoms with van der Waals surface area (Å²) in [5.74, 6) is -2.82. The summed E-state index contributed by atoms with van der Waals surface area (Å²) in [7, 11) is 0. The molecule has 2 saturated heterocycles. The summed E-state index contributed by atoms with van der Waals surface area (Å²) in [5.41, 5.74) is -2.08. The third kappa shape index (κ3) is 14.8. The van der Waals surface area contributed by atoms with Crippen LogP contribution < -0.4 is 0 Å². The highest BCUT2D eigenvalue weighted by molar-refractivity contribution is 9.10. The van der Waals surface area contributed by atoms with Crippen LogP contribution in [0.3, 0.4) is 0 Å². The van der Waals surface area contributed by atoms with Gasteiger partial charge in [0.25, 0.3) is 0 Å². The normalized spacial score (nSPS) is 27.7. The first kappa shape index (κ1) is 48.7. The highest BCUT2D eigenvalue weighted by Crippen LogP contribution is 2.36. The van der Waals surface area contributed by atoms with Gasteiger partial charge in [0.15, 0.2) is 30.9 Å². The Balaban J connectivity index is 1.73. The summed E-state index contributed by atoms with van der Waals surface area (Å²) < 4.78 is 62.7. The van der Waals surface area contributed by atoms with Gasteiger partial charge < -0.3 is 52.5 Å². The molecule has 2 heterocycles. The fraction of sp³-hybridized carbons (Fsp3) is 0.619. The third-order valence-corrected chi connectivity index (χ3v) is 9.53. The number of carbonyl (C=O) groups excluding carboxylic acids is 4. The molecule has 0 saturated carbocycles. The number of ether oxygens (including phenoxy) is 10. The van der Waals surface area contributed by atoms with Gasteiger partial charge in [-0.05, 0) is 111 Å². The van der Waals surface area contributed by atoms with E-state index < -0.39 is 115 Å². The molecule has 15 nitrogen and oxygen atoms in total. The van der Waals surface area contributed by atoms with Crippen molar-refractivity contribution in [1.82, 2.24) is 0 Å². The van der Waals surface area contributed by atoms with Gasteiger partial charge in [0.05, 0.1) is 34.5 Å². The Morgan fingerprint density at radius 1 is 0.559 bits per heavy atom. The van der Waals surface area contributed by atoms with Gasteiger partial charge in [-0.1, -0.05) is 31.9 Å². The summed E-state index contributed by atoms with van der Waals surface area (Å²) in [4.78, 5) is 52.0. The molecule has 17 heteroatoms. The lowest BCUT2D eigenvalue weighted by atomic mass is 9.96. The molecule has 0 aliphatic carbocycles. The Bertz CT molecular complexity index is 1730. The topological polar surface area (TPSA) is 181 Å². The summed E-state index contributed by atoms with van der Waals surface area (Å²) in [6.07, 6.45) is -12.9. The smallest absolute Gasteiger partial charge is 0.338 e. The van der Waals surface area contributed by atoms with Crippen LogP contribution in [0.2, 0.25) is 0 Å². The lowest BCUT2D eigenvalue weighted by Gasteiger charge is -2.48. The van der Waals surface area contributed by atoms with E-state index in [1.807, 2.05) is 0 Å². The molecule has 328 valence electrons. The van der Waals surface area contributed by atoms with E-state index in [1.54, 1.807) is 111 Å². The number of hydrogen-bond acceptors (Lipinski definition) is 15. The molecule has 10 atom stereocenters.